The van der Waals surface area contributed by atoms with E-state index in [0.717, 1.165) is 19.3 Å². The molecule has 20 heavy (non-hydrogen) atoms. The molecule has 1 aromatic carbocycles. The first-order valence-electron chi connectivity index (χ1n) is 6.64. The third-order valence-corrected chi connectivity index (χ3v) is 5.44. The van der Waals surface area contributed by atoms with Crippen LogP contribution in [0, 0.1) is 0 Å². The molecule has 0 heterocycles. The van der Waals surface area contributed by atoms with Gasteiger partial charge in [-0.3, -0.25) is 4.21 Å². The van der Waals surface area contributed by atoms with Crippen LogP contribution in [0.1, 0.15) is 19.3 Å². The monoisotopic (exact) mass is 316 g/mol. The molecule has 0 saturated heterocycles. The number of rotatable bonds is 8. The van der Waals surface area contributed by atoms with Crippen LogP contribution in [0.2, 0.25) is 0 Å². The number of anilines is 1. The molecule has 0 aromatic heterocycles. The highest BCUT2D eigenvalue weighted by atomic mass is 32.2. The topological polar surface area (TPSA) is 75.3 Å². The second kappa shape index (κ2) is 6.69. The summed E-state index contributed by atoms with van der Waals surface area (Å²) in [5.74, 6) is 0.613. The maximum atomic E-state index is 12.2. The Morgan fingerprint density at radius 2 is 2.00 bits per heavy atom. The smallest absolute Gasteiger partial charge is 0.242 e. The predicted molar refractivity (Wildman–Crippen MR) is 81.8 cm³/mol. The van der Waals surface area contributed by atoms with E-state index < -0.39 is 20.8 Å². The zero-order chi connectivity index (χ0) is 14.6. The van der Waals surface area contributed by atoms with Crippen molar-refractivity contribution in [2.45, 2.75) is 30.2 Å². The Morgan fingerprint density at radius 1 is 1.30 bits per heavy atom. The summed E-state index contributed by atoms with van der Waals surface area (Å²) in [6.45, 7) is 0.607. The number of benzene rings is 1. The van der Waals surface area contributed by atoms with Crippen molar-refractivity contribution in [2.24, 2.45) is 0 Å². The maximum absolute atomic E-state index is 12.2. The van der Waals surface area contributed by atoms with Crippen LogP contribution in [-0.4, -0.2) is 37.2 Å². The van der Waals surface area contributed by atoms with E-state index >= 15 is 0 Å². The van der Waals surface area contributed by atoms with Crippen LogP contribution in [-0.2, 0) is 20.8 Å². The van der Waals surface area contributed by atoms with Crippen LogP contribution >= 0.6 is 0 Å². The summed E-state index contributed by atoms with van der Waals surface area (Å²) < 4.78 is 38.2. The standard InChI is InChI=1S/C13H20N2O3S2/c1-19(16)10-4-9-14-12-5-2-3-6-13(12)20(17,18)15-11-7-8-11/h2-3,5-6,11,14-15H,4,7-10H2,1H3. The summed E-state index contributed by atoms with van der Waals surface area (Å²) in [7, 11) is -4.27. The van der Waals surface area contributed by atoms with Gasteiger partial charge in [-0.1, -0.05) is 12.1 Å². The average molecular weight is 316 g/mol. The first-order valence-corrected chi connectivity index (χ1v) is 9.85. The van der Waals surface area contributed by atoms with Gasteiger partial charge in [-0.15, -0.1) is 0 Å². The molecule has 1 saturated carbocycles. The number of hydrogen-bond acceptors (Lipinski definition) is 4. The number of sulfonamides is 1. The minimum Gasteiger partial charge on any atom is -0.384 e. The summed E-state index contributed by atoms with van der Waals surface area (Å²) in [5.41, 5.74) is 0.600. The van der Waals surface area contributed by atoms with Crippen molar-refractivity contribution in [3.63, 3.8) is 0 Å². The third-order valence-electron chi connectivity index (χ3n) is 3.00. The summed E-state index contributed by atoms with van der Waals surface area (Å²) in [6, 6.07) is 6.97. The summed E-state index contributed by atoms with van der Waals surface area (Å²) in [5, 5.41) is 3.11. The lowest BCUT2D eigenvalue weighted by molar-refractivity contribution is 0.581. The van der Waals surface area contributed by atoms with Gasteiger partial charge in [0, 0.05) is 35.4 Å². The molecular formula is C13H20N2O3S2. The molecule has 112 valence electrons. The molecule has 0 spiro atoms. The van der Waals surface area contributed by atoms with Gasteiger partial charge in [0.2, 0.25) is 10.0 Å². The largest absolute Gasteiger partial charge is 0.384 e. The lowest BCUT2D eigenvalue weighted by Gasteiger charge is -2.12. The van der Waals surface area contributed by atoms with Gasteiger partial charge in [-0.25, -0.2) is 13.1 Å². The van der Waals surface area contributed by atoms with Gasteiger partial charge in [-0.2, -0.15) is 0 Å². The first-order chi connectivity index (χ1) is 9.49. The fourth-order valence-corrected chi connectivity index (χ4v) is 3.87. The quantitative estimate of drug-likeness (QED) is 0.709. The zero-order valence-corrected chi connectivity index (χ0v) is 13.1. The average Bonchev–Trinajstić information content (AvgIpc) is 3.18. The zero-order valence-electron chi connectivity index (χ0n) is 11.5. The normalized spacial score (nSPS) is 16.9. The Bertz CT molecular complexity index is 583. The van der Waals surface area contributed by atoms with E-state index in [1.54, 1.807) is 30.5 Å². The fraction of sp³-hybridized carbons (Fsp3) is 0.538. The van der Waals surface area contributed by atoms with E-state index in [0.29, 0.717) is 18.0 Å². The molecule has 1 atom stereocenters. The van der Waals surface area contributed by atoms with Gasteiger partial charge < -0.3 is 5.32 Å². The Morgan fingerprint density at radius 3 is 2.65 bits per heavy atom. The minimum atomic E-state index is -3.45. The summed E-state index contributed by atoms with van der Waals surface area (Å²) in [4.78, 5) is 0.282. The van der Waals surface area contributed by atoms with Crippen molar-refractivity contribution in [1.29, 1.82) is 0 Å². The van der Waals surface area contributed by atoms with Crippen molar-refractivity contribution in [3.05, 3.63) is 24.3 Å². The van der Waals surface area contributed by atoms with Crippen LogP contribution in [0.25, 0.3) is 0 Å². The SMILES string of the molecule is CS(=O)CCCNc1ccccc1S(=O)(=O)NC1CC1. The van der Waals surface area contributed by atoms with E-state index in [1.807, 2.05) is 0 Å². The molecule has 1 aliphatic rings. The minimum absolute atomic E-state index is 0.0931. The van der Waals surface area contributed by atoms with Gasteiger partial charge in [0.1, 0.15) is 4.90 Å². The van der Waals surface area contributed by atoms with Crippen molar-refractivity contribution in [2.75, 3.05) is 23.9 Å². The second-order valence-electron chi connectivity index (χ2n) is 4.95. The summed E-state index contributed by atoms with van der Waals surface area (Å²) >= 11 is 0. The van der Waals surface area contributed by atoms with Crippen molar-refractivity contribution < 1.29 is 12.6 Å². The van der Waals surface area contributed by atoms with E-state index in [9.17, 15) is 12.6 Å². The van der Waals surface area contributed by atoms with Gasteiger partial charge in [0.15, 0.2) is 0 Å². The molecule has 1 aromatic rings. The first kappa shape index (κ1) is 15.5. The van der Waals surface area contributed by atoms with Crippen molar-refractivity contribution in [1.82, 2.24) is 4.72 Å². The molecule has 1 fully saturated rings. The lowest BCUT2D eigenvalue weighted by Crippen LogP contribution is -2.26. The number of nitrogens with one attached hydrogen (secondary N) is 2. The van der Waals surface area contributed by atoms with E-state index in [2.05, 4.69) is 10.0 Å². The molecule has 0 radical (unpaired) electrons. The van der Waals surface area contributed by atoms with E-state index in [-0.39, 0.29) is 10.9 Å². The molecule has 1 unspecified atom stereocenters. The van der Waals surface area contributed by atoms with Crippen LogP contribution in [0.3, 0.4) is 0 Å². The van der Waals surface area contributed by atoms with Crippen molar-refractivity contribution >= 4 is 26.5 Å². The predicted octanol–water partition coefficient (Wildman–Crippen LogP) is 1.31. The second-order valence-corrected chi connectivity index (χ2v) is 8.19. The molecule has 5 nitrogen and oxygen atoms in total. The molecule has 0 amide bonds. The molecule has 2 rings (SSSR count). The van der Waals surface area contributed by atoms with Crippen LogP contribution in [0.15, 0.2) is 29.2 Å². The van der Waals surface area contributed by atoms with Crippen LogP contribution in [0.4, 0.5) is 5.69 Å². The van der Waals surface area contributed by atoms with Crippen LogP contribution in [0.5, 0.6) is 0 Å². The fourth-order valence-electron chi connectivity index (χ4n) is 1.83. The highest BCUT2D eigenvalue weighted by molar-refractivity contribution is 7.89. The molecule has 0 bridgehead atoms. The third kappa shape index (κ3) is 4.57. The molecule has 0 aliphatic heterocycles. The highest BCUT2D eigenvalue weighted by Gasteiger charge is 2.29. The lowest BCUT2D eigenvalue weighted by atomic mass is 10.3. The van der Waals surface area contributed by atoms with Crippen LogP contribution < -0.4 is 10.0 Å². The van der Waals surface area contributed by atoms with E-state index in [1.165, 1.54) is 0 Å². The Kier molecular flexibility index (Phi) is 5.17. The Labute approximate surface area is 122 Å². The van der Waals surface area contributed by atoms with Gasteiger partial charge in [-0.05, 0) is 31.4 Å². The molecule has 2 N–H and O–H groups in total. The van der Waals surface area contributed by atoms with E-state index in [4.69, 9.17) is 0 Å². The Balaban J connectivity index is 2.03. The number of para-hydroxylation sites is 1. The van der Waals surface area contributed by atoms with Crippen molar-refractivity contribution in [3.8, 4) is 0 Å². The number of hydrogen-bond donors (Lipinski definition) is 2. The molecule has 7 heteroatoms. The van der Waals surface area contributed by atoms with Gasteiger partial charge >= 0.3 is 0 Å². The Hall–Kier alpha value is -0.920. The highest BCUT2D eigenvalue weighted by Crippen LogP contribution is 2.25. The van der Waals surface area contributed by atoms with Gasteiger partial charge in [0.25, 0.3) is 0 Å². The maximum Gasteiger partial charge on any atom is 0.242 e. The molecule has 1 aliphatic carbocycles. The summed E-state index contributed by atoms with van der Waals surface area (Å²) in [6.07, 6.45) is 4.24. The van der Waals surface area contributed by atoms with Gasteiger partial charge in [0.05, 0.1) is 5.69 Å². The molecular weight excluding hydrogens is 296 g/mol.